The van der Waals surface area contributed by atoms with E-state index in [4.69, 9.17) is 0 Å². The molecule has 5 nitrogen and oxygen atoms in total. The van der Waals surface area contributed by atoms with Crippen LogP contribution in [0.15, 0.2) is 5.38 Å². The molecule has 2 aliphatic rings. The van der Waals surface area contributed by atoms with Crippen LogP contribution in [0.1, 0.15) is 25.5 Å². The molecule has 17 heavy (non-hydrogen) atoms. The van der Waals surface area contributed by atoms with E-state index in [9.17, 15) is 9.59 Å². The number of nitrogens with zero attached hydrogens (tertiary/aromatic N) is 3. The number of imide groups is 1. The number of carbonyl (C=O) groups is 2. The maximum absolute atomic E-state index is 12.2. The van der Waals surface area contributed by atoms with Crippen LogP contribution in [0.2, 0.25) is 0 Å². The van der Waals surface area contributed by atoms with Crippen molar-refractivity contribution in [2.45, 2.75) is 38.8 Å². The predicted molar refractivity (Wildman–Crippen MR) is 64.1 cm³/mol. The molecule has 1 aliphatic carbocycles. The van der Waals surface area contributed by atoms with Gasteiger partial charge in [0.15, 0.2) is 0 Å². The summed E-state index contributed by atoms with van der Waals surface area (Å²) in [6.45, 7) is 3.64. The molecule has 1 saturated heterocycles. The molecule has 0 N–H and O–H groups in total. The van der Waals surface area contributed by atoms with Gasteiger partial charge in [0, 0.05) is 11.4 Å². The molecule has 3 amide bonds. The van der Waals surface area contributed by atoms with Crippen molar-refractivity contribution >= 4 is 28.4 Å². The maximum atomic E-state index is 12.2. The number of carbonyl (C=O) groups excluding carboxylic acids is 2. The van der Waals surface area contributed by atoms with Crippen molar-refractivity contribution in [1.82, 2.24) is 9.88 Å². The van der Waals surface area contributed by atoms with Crippen LogP contribution >= 0.6 is 11.3 Å². The number of hydrogen-bond donors (Lipinski definition) is 0. The third kappa shape index (κ3) is 1.55. The second-order valence-corrected chi connectivity index (χ2v) is 5.38. The molecule has 6 heteroatoms. The minimum Gasteiger partial charge on any atom is -0.309 e. The number of anilines is 1. The zero-order chi connectivity index (χ0) is 12.2. The molecule has 0 spiro atoms. The van der Waals surface area contributed by atoms with Crippen LogP contribution in [0.25, 0.3) is 0 Å². The van der Waals surface area contributed by atoms with E-state index in [2.05, 4.69) is 4.98 Å². The molecule has 1 aromatic rings. The molecule has 2 fully saturated rings. The Kier molecular flexibility index (Phi) is 2.22. The molecule has 0 aromatic carbocycles. The van der Waals surface area contributed by atoms with Crippen molar-refractivity contribution in [2.24, 2.45) is 0 Å². The summed E-state index contributed by atoms with van der Waals surface area (Å²) in [5.74, 6) is -0.156. The Balaban J connectivity index is 1.95. The van der Waals surface area contributed by atoms with Crippen LogP contribution in [-0.2, 0) is 4.79 Å². The molecule has 2 heterocycles. The van der Waals surface area contributed by atoms with Gasteiger partial charge in [-0.1, -0.05) is 0 Å². The summed E-state index contributed by atoms with van der Waals surface area (Å²) in [6, 6.07) is -0.300. The van der Waals surface area contributed by atoms with Gasteiger partial charge in [-0.05, 0) is 26.7 Å². The predicted octanol–water partition coefficient (Wildman–Crippen LogP) is 1.77. The van der Waals surface area contributed by atoms with Gasteiger partial charge in [-0.2, -0.15) is 0 Å². The summed E-state index contributed by atoms with van der Waals surface area (Å²) < 4.78 is 0. The summed E-state index contributed by atoms with van der Waals surface area (Å²) in [5, 5.41) is 2.34. The van der Waals surface area contributed by atoms with Crippen LogP contribution in [0.5, 0.6) is 0 Å². The fourth-order valence-electron chi connectivity index (χ4n) is 2.13. The number of amides is 3. The Morgan fingerprint density at radius 3 is 2.65 bits per heavy atom. The largest absolute Gasteiger partial charge is 0.334 e. The third-order valence-corrected chi connectivity index (χ3v) is 4.09. The summed E-state index contributed by atoms with van der Waals surface area (Å²) >= 11 is 1.34. The van der Waals surface area contributed by atoms with E-state index in [1.54, 1.807) is 11.8 Å². The maximum Gasteiger partial charge on any atom is 0.334 e. The fraction of sp³-hybridized carbons (Fsp3) is 0.545. The monoisotopic (exact) mass is 251 g/mol. The second-order valence-electron chi connectivity index (χ2n) is 4.54. The number of hydrogen-bond acceptors (Lipinski definition) is 4. The molecule has 0 unspecified atom stereocenters. The average molecular weight is 251 g/mol. The summed E-state index contributed by atoms with van der Waals surface area (Å²) in [7, 11) is 0. The van der Waals surface area contributed by atoms with Crippen LogP contribution < -0.4 is 4.90 Å². The van der Waals surface area contributed by atoms with Crippen LogP contribution in [0, 0.1) is 6.92 Å². The SMILES string of the molecule is Cc1csc(N2C(=O)[C@H](C)N(C3CC3)C2=O)n1. The molecular formula is C11H13N3O2S. The van der Waals surface area contributed by atoms with E-state index in [1.165, 1.54) is 16.2 Å². The van der Waals surface area contributed by atoms with Crippen molar-refractivity contribution in [3.05, 3.63) is 11.1 Å². The van der Waals surface area contributed by atoms with Gasteiger partial charge in [0.25, 0.3) is 5.91 Å². The minimum absolute atomic E-state index is 0.156. The highest BCUT2D eigenvalue weighted by Gasteiger charge is 2.50. The quantitative estimate of drug-likeness (QED) is 0.753. The second kappa shape index (κ2) is 3.53. The molecule has 1 aromatic heterocycles. The lowest BCUT2D eigenvalue weighted by molar-refractivity contribution is -0.119. The van der Waals surface area contributed by atoms with Crippen molar-refractivity contribution in [3.63, 3.8) is 0 Å². The van der Waals surface area contributed by atoms with E-state index >= 15 is 0 Å². The number of urea groups is 1. The topological polar surface area (TPSA) is 53.5 Å². The first kappa shape index (κ1) is 10.7. The van der Waals surface area contributed by atoms with Gasteiger partial charge in [0.2, 0.25) is 5.13 Å². The Bertz CT molecular complexity index is 495. The Labute approximate surface area is 103 Å². The van der Waals surface area contributed by atoms with E-state index in [-0.39, 0.29) is 24.0 Å². The molecule has 0 radical (unpaired) electrons. The van der Waals surface area contributed by atoms with Crippen molar-refractivity contribution in [2.75, 3.05) is 4.90 Å². The van der Waals surface area contributed by atoms with Gasteiger partial charge in [-0.25, -0.2) is 14.7 Å². The Hall–Kier alpha value is -1.43. The average Bonchev–Trinajstić information content (AvgIpc) is 2.97. The Morgan fingerprint density at radius 1 is 1.41 bits per heavy atom. The molecule has 90 valence electrons. The first-order valence-electron chi connectivity index (χ1n) is 5.68. The van der Waals surface area contributed by atoms with Crippen molar-refractivity contribution < 1.29 is 9.59 Å². The molecule has 1 saturated carbocycles. The third-order valence-electron chi connectivity index (χ3n) is 3.15. The highest BCUT2D eigenvalue weighted by Crippen LogP contribution is 2.36. The number of aromatic nitrogens is 1. The van der Waals surface area contributed by atoms with Crippen LogP contribution in [-0.4, -0.2) is 33.9 Å². The summed E-state index contributed by atoms with van der Waals surface area (Å²) in [6.07, 6.45) is 2.02. The first-order valence-corrected chi connectivity index (χ1v) is 6.56. The number of aryl methyl sites for hydroxylation is 1. The minimum atomic E-state index is -0.348. The number of rotatable bonds is 2. The number of thiazole rings is 1. The Morgan fingerprint density at radius 2 is 2.12 bits per heavy atom. The normalized spacial score (nSPS) is 24.9. The molecule has 1 aliphatic heterocycles. The van der Waals surface area contributed by atoms with Gasteiger partial charge >= 0.3 is 6.03 Å². The van der Waals surface area contributed by atoms with Gasteiger partial charge in [0.05, 0.1) is 5.69 Å². The lowest BCUT2D eigenvalue weighted by Gasteiger charge is -2.17. The standard InChI is InChI=1S/C11H13N3O2S/c1-6-5-17-10(12-6)14-9(15)7(2)13(11(14)16)8-3-4-8/h5,7-8H,3-4H2,1-2H3/t7-/m0/s1. The molecule has 0 bridgehead atoms. The summed E-state index contributed by atoms with van der Waals surface area (Å²) in [4.78, 5) is 31.4. The van der Waals surface area contributed by atoms with Crippen molar-refractivity contribution in [1.29, 1.82) is 0 Å². The van der Waals surface area contributed by atoms with Crippen molar-refractivity contribution in [3.8, 4) is 0 Å². The highest BCUT2D eigenvalue weighted by atomic mass is 32.1. The van der Waals surface area contributed by atoms with Gasteiger partial charge in [-0.15, -0.1) is 11.3 Å². The highest BCUT2D eigenvalue weighted by molar-refractivity contribution is 7.14. The lowest BCUT2D eigenvalue weighted by Crippen LogP contribution is -2.35. The smallest absolute Gasteiger partial charge is 0.309 e. The zero-order valence-electron chi connectivity index (χ0n) is 9.71. The zero-order valence-corrected chi connectivity index (χ0v) is 10.5. The lowest BCUT2D eigenvalue weighted by atomic mass is 10.3. The first-order chi connectivity index (χ1) is 8.09. The molecule has 3 rings (SSSR count). The van der Waals surface area contributed by atoms with E-state index < -0.39 is 0 Å². The van der Waals surface area contributed by atoms with E-state index in [0.29, 0.717) is 5.13 Å². The van der Waals surface area contributed by atoms with E-state index in [0.717, 1.165) is 18.5 Å². The van der Waals surface area contributed by atoms with Gasteiger partial charge < -0.3 is 4.90 Å². The fourth-order valence-corrected chi connectivity index (χ4v) is 2.93. The van der Waals surface area contributed by atoms with Gasteiger partial charge in [0.1, 0.15) is 6.04 Å². The van der Waals surface area contributed by atoms with E-state index in [1.807, 2.05) is 12.3 Å². The molecule has 1 atom stereocenters. The van der Waals surface area contributed by atoms with Crippen LogP contribution in [0.3, 0.4) is 0 Å². The van der Waals surface area contributed by atoms with Gasteiger partial charge in [-0.3, -0.25) is 4.79 Å². The summed E-state index contributed by atoms with van der Waals surface area (Å²) in [5.41, 5.74) is 0.836. The van der Waals surface area contributed by atoms with Crippen LogP contribution in [0.4, 0.5) is 9.93 Å². The molecular weight excluding hydrogens is 238 g/mol.